The van der Waals surface area contributed by atoms with Crippen LogP contribution in [0.2, 0.25) is 0 Å². The van der Waals surface area contributed by atoms with Gasteiger partial charge in [0.2, 0.25) is 5.91 Å². The minimum atomic E-state index is 0.159. The van der Waals surface area contributed by atoms with E-state index in [4.69, 9.17) is 4.74 Å². The highest BCUT2D eigenvalue weighted by Gasteiger charge is 2.19. The van der Waals surface area contributed by atoms with E-state index in [-0.39, 0.29) is 18.1 Å². The first-order valence-electron chi connectivity index (χ1n) is 6.27. The Morgan fingerprint density at radius 2 is 2.18 bits per heavy atom. The number of nitrogens with one attached hydrogen (secondary N) is 1. The van der Waals surface area contributed by atoms with Crippen LogP contribution in [0.15, 0.2) is 0 Å². The lowest BCUT2D eigenvalue weighted by molar-refractivity contribution is -0.132. The maximum atomic E-state index is 11.9. The quantitative estimate of drug-likeness (QED) is 0.725. The second-order valence-electron chi connectivity index (χ2n) is 4.99. The zero-order valence-electron chi connectivity index (χ0n) is 11.4. The van der Waals surface area contributed by atoms with Gasteiger partial charge in [0, 0.05) is 32.7 Å². The van der Waals surface area contributed by atoms with Crippen LogP contribution in [0, 0.1) is 0 Å². The van der Waals surface area contributed by atoms with Crippen LogP contribution in [-0.2, 0) is 9.53 Å². The molecule has 1 aliphatic rings. The summed E-state index contributed by atoms with van der Waals surface area (Å²) >= 11 is 0. The van der Waals surface area contributed by atoms with Gasteiger partial charge in [-0.1, -0.05) is 0 Å². The standard InChI is InChI=1S/C12H25N3O2/c1-10(2)15(4)12(16)9-14(3)8-11-7-13-5-6-17-11/h10-11,13H,5-9H2,1-4H3. The van der Waals surface area contributed by atoms with Gasteiger partial charge >= 0.3 is 0 Å². The Hall–Kier alpha value is -0.650. The van der Waals surface area contributed by atoms with Crippen molar-refractivity contribution in [3.05, 3.63) is 0 Å². The molecule has 1 unspecified atom stereocenters. The molecule has 0 radical (unpaired) electrons. The molecule has 1 saturated heterocycles. The first kappa shape index (κ1) is 14.4. The molecule has 1 N–H and O–H groups in total. The Morgan fingerprint density at radius 3 is 2.71 bits per heavy atom. The molecule has 0 bridgehead atoms. The lowest BCUT2D eigenvalue weighted by Crippen LogP contribution is -2.47. The molecular weight excluding hydrogens is 218 g/mol. The molecule has 0 saturated carbocycles. The van der Waals surface area contributed by atoms with Gasteiger partial charge in [-0.25, -0.2) is 0 Å². The topological polar surface area (TPSA) is 44.8 Å². The SMILES string of the molecule is CC(C)N(C)C(=O)CN(C)CC1CNCCO1. The van der Waals surface area contributed by atoms with Crippen molar-refractivity contribution in [2.24, 2.45) is 0 Å². The number of ether oxygens (including phenoxy) is 1. The molecule has 1 rings (SSSR count). The normalized spacial score (nSPS) is 20.9. The summed E-state index contributed by atoms with van der Waals surface area (Å²) < 4.78 is 5.61. The number of amides is 1. The zero-order valence-corrected chi connectivity index (χ0v) is 11.4. The maximum absolute atomic E-state index is 11.9. The van der Waals surface area contributed by atoms with Crippen molar-refractivity contribution in [1.82, 2.24) is 15.1 Å². The largest absolute Gasteiger partial charge is 0.374 e. The summed E-state index contributed by atoms with van der Waals surface area (Å²) in [6.07, 6.45) is 0.200. The fourth-order valence-corrected chi connectivity index (χ4v) is 1.78. The van der Waals surface area contributed by atoms with Gasteiger partial charge in [0.05, 0.1) is 19.3 Å². The molecule has 1 fully saturated rings. The average molecular weight is 243 g/mol. The third-order valence-corrected chi connectivity index (χ3v) is 3.09. The second-order valence-corrected chi connectivity index (χ2v) is 4.99. The number of carbonyl (C=O) groups is 1. The minimum Gasteiger partial charge on any atom is -0.374 e. The molecule has 1 aliphatic heterocycles. The fourth-order valence-electron chi connectivity index (χ4n) is 1.78. The van der Waals surface area contributed by atoms with Gasteiger partial charge in [-0.3, -0.25) is 9.69 Å². The van der Waals surface area contributed by atoms with E-state index >= 15 is 0 Å². The van der Waals surface area contributed by atoms with Crippen LogP contribution < -0.4 is 5.32 Å². The zero-order chi connectivity index (χ0) is 12.8. The molecule has 0 aliphatic carbocycles. The molecule has 0 aromatic carbocycles. The number of hydrogen-bond acceptors (Lipinski definition) is 4. The number of nitrogens with zero attached hydrogens (tertiary/aromatic N) is 2. The van der Waals surface area contributed by atoms with E-state index in [1.165, 1.54) is 0 Å². The Labute approximate surface area is 104 Å². The first-order valence-corrected chi connectivity index (χ1v) is 6.27. The Bertz CT molecular complexity index is 240. The van der Waals surface area contributed by atoms with E-state index in [1.807, 2.05) is 32.8 Å². The maximum Gasteiger partial charge on any atom is 0.236 e. The van der Waals surface area contributed by atoms with Crippen LogP contribution in [0.5, 0.6) is 0 Å². The molecule has 17 heavy (non-hydrogen) atoms. The Morgan fingerprint density at radius 1 is 1.47 bits per heavy atom. The molecule has 0 aromatic heterocycles. The third-order valence-electron chi connectivity index (χ3n) is 3.09. The van der Waals surface area contributed by atoms with Crippen molar-refractivity contribution in [2.75, 3.05) is 46.9 Å². The van der Waals surface area contributed by atoms with E-state index in [0.717, 1.165) is 26.2 Å². The number of carbonyl (C=O) groups excluding carboxylic acids is 1. The molecule has 1 heterocycles. The van der Waals surface area contributed by atoms with Gasteiger partial charge in [-0.15, -0.1) is 0 Å². The van der Waals surface area contributed by atoms with Gasteiger partial charge in [-0.2, -0.15) is 0 Å². The third kappa shape index (κ3) is 5.02. The van der Waals surface area contributed by atoms with Crippen molar-refractivity contribution in [1.29, 1.82) is 0 Å². The first-order chi connectivity index (χ1) is 8.00. The van der Waals surface area contributed by atoms with Crippen molar-refractivity contribution >= 4 is 5.91 Å². The molecule has 1 amide bonds. The molecular formula is C12H25N3O2. The van der Waals surface area contributed by atoms with Crippen LogP contribution in [-0.4, -0.2) is 74.7 Å². The summed E-state index contributed by atoms with van der Waals surface area (Å²) in [6.45, 7) is 7.85. The lowest BCUT2D eigenvalue weighted by Gasteiger charge is -2.29. The number of morpholine rings is 1. The van der Waals surface area contributed by atoms with Crippen molar-refractivity contribution < 1.29 is 9.53 Å². The average Bonchev–Trinajstić information content (AvgIpc) is 2.28. The highest BCUT2D eigenvalue weighted by Crippen LogP contribution is 2.00. The summed E-state index contributed by atoms with van der Waals surface area (Å²) in [5, 5.41) is 3.29. The summed E-state index contributed by atoms with van der Waals surface area (Å²) in [6, 6.07) is 0.253. The van der Waals surface area contributed by atoms with Crippen LogP contribution in [0.3, 0.4) is 0 Å². The smallest absolute Gasteiger partial charge is 0.236 e. The summed E-state index contributed by atoms with van der Waals surface area (Å²) in [5.74, 6) is 0.159. The minimum absolute atomic E-state index is 0.159. The van der Waals surface area contributed by atoms with E-state index in [1.54, 1.807) is 4.90 Å². The lowest BCUT2D eigenvalue weighted by atomic mass is 10.3. The van der Waals surface area contributed by atoms with Crippen molar-refractivity contribution in [2.45, 2.75) is 26.0 Å². The Kier molecular flexibility index (Phi) is 5.88. The van der Waals surface area contributed by atoms with E-state index < -0.39 is 0 Å². The predicted octanol–water partition coefficient (Wildman–Crippen LogP) is -0.227. The van der Waals surface area contributed by atoms with Crippen LogP contribution >= 0.6 is 0 Å². The van der Waals surface area contributed by atoms with Crippen molar-refractivity contribution in [3.8, 4) is 0 Å². The Balaban J connectivity index is 2.28. The van der Waals surface area contributed by atoms with Gasteiger partial charge in [-0.05, 0) is 20.9 Å². The summed E-state index contributed by atoms with van der Waals surface area (Å²) in [5.41, 5.74) is 0. The summed E-state index contributed by atoms with van der Waals surface area (Å²) in [4.78, 5) is 15.7. The molecule has 5 nitrogen and oxygen atoms in total. The molecule has 0 aromatic rings. The number of hydrogen-bond donors (Lipinski definition) is 1. The van der Waals surface area contributed by atoms with E-state index in [2.05, 4.69) is 5.32 Å². The van der Waals surface area contributed by atoms with Crippen molar-refractivity contribution in [3.63, 3.8) is 0 Å². The fraction of sp³-hybridized carbons (Fsp3) is 0.917. The second kappa shape index (κ2) is 6.93. The van der Waals surface area contributed by atoms with Gasteiger partial charge in [0.15, 0.2) is 0 Å². The predicted molar refractivity (Wildman–Crippen MR) is 68.0 cm³/mol. The van der Waals surface area contributed by atoms with Gasteiger partial charge in [0.25, 0.3) is 0 Å². The van der Waals surface area contributed by atoms with Crippen LogP contribution in [0.25, 0.3) is 0 Å². The number of likely N-dealkylation sites (N-methyl/N-ethyl adjacent to an activating group) is 2. The van der Waals surface area contributed by atoms with Gasteiger partial charge < -0.3 is 15.0 Å². The monoisotopic (exact) mass is 243 g/mol. The molecule has 0 spiro atoms. The highest BCUT2D eigenvalue weighted by molar-refractivity contribution is 5.78. The van der Waals surface area contributed by atoms with Crippen LogP contribution in [0.4, 0.5) is 0 Å². The molecule has 5 heteroatoms. The number of rotatable bonds is 5. The van der Waals surface area contributed by atoms with Gasteiger partial charge in [0.1, 0.15) is 0 Å². The van der Waals surface area contributed by atoms with Crippen LogP contribution in [0.1, 0.15) is 13.8 Å². The van der Waals surface area contributed by atoms with E-state index in [9.17, 15) is 4.79 Å². The summed E-state index contributed by atoms with van der Waals surface area (Å²) in [7, 11) is 3.81. The molecule has 1 atom stereocenters. The highest BCUT2D eigenvalue weighted by atomic mass is 16.5. The van der Waals surface area contributed by atoms with E-state index in [0.29, 0.717) is 6.54 Å². The molecule has 100 valence electrons.